The van der Waals surface area contributed by atoms with Gasteiger partial charge in [-0.3, -0.25) is 4.79 Å². The normalized spacial score (nSPS) is 19.3. The summed E-state index contributed by atoms with van der Waals surface area (Å²) < 4.78 is 5.84. The van der Waals surface area contributed by atoms with Gasteiger partial charge in [-0.1, -0.05) is 38.1 Å². The fourth-order valence-electron chi connectivity index (χ4n) is 4.83. The molecule has 1 aromatic carbocycles. The molecule has 2 heterocycles. The van der Waals surface area contributed by atoms with Crippen molar-refractivity contribution in [3.8, 4) is 0 Å². The average molecular weight is 424 g/mol. The Labute approximate surface area is 184 Å². The number of furan rings is 1. The van der Waals surface area contributed by atoms with Crippen molar-refractivity contribution in [2.45, 2.75) is 65.5 Å². The summed E-state index contributed by atoms with van der Waals surface area (Å²) in [5, 5.41) is 6.02. The van der Waals surface area contributed by atoms with E-state index in [0.29, 0.717) is 25.9 Å². The zero-order valence-corrected chi connectivity index (χ0v) is 18.8. The van der Waals surface area contributed by atoms with Crippen molar-refractivity contribution in [1.82, 2.24) is 15.5 Å². The van der Waals surface area contributed by atoms with Crippen molar-refractivity contribution >= 4 is 11.9 Å². The van der Waals surface area contributed by atoms with Gasteiger partial charge in [0, 0.05) is 38.0 Å². The second kappa shape index (κ2) is 8.77. The molecule has 0 fully saturated rings. The van der Waals surface area contributed by atoms with Gasteiger partial charge in [-0.05, 0) is 48.8 Å². The van der Waals surface area contributed by atoms with Crippen molar-refractivity contribution < 1.29 is 14.0 Å². The first-order chi connectivity index (χ1) is 14.8. The van der Waals surface area contributed by atoms with Crippen molar-refractivity contribution in [2.75, 3.05) is 13.1 Å². The fourth-order valence-corrected chi connectivity index (χ4v) is 4.83. The van der Waals surface area contributed by atoms with Crippen LogP contribution < -0.4 is 10.6 Å². The van der Waals surface area contributed by atoms with Crippen molar-refractivity contribution in [2.24, 2.45) is 5.41 Å². The van der Waals surface area contributed by atoms with E-state index in [2.05, 4.69) is 42.7 Å². The van der Waals surface area contributed by atoms with Gasteiger partial charge in [0.15, 0.2) is 0 Å². The number of nitrogens with one attached hydrogen (secondary N) is 2. The quantitative estimate of drug-likeness (QED) is 0.706. The van der Waals surface area contributed by atoms with Gasteiger partial charge in [0.2, 0.25) is 5.91 Å². The molecule has 31 heavy (non-hydrogen) atoms. The van der Waals surface area contributed by atoms with Crippen LogP contribution in [0.5, 0.6) is 0 Å². The number of fused-ring (bicyclic) bond motifs is 2. The molecule has 1 aliphatic carbocycles. The molecule has 2 aliphatic rings. The SMILES string of the molecule is Cc1cc2c(o1)CC(C)(C)CC2NC(=O)NCCCC(=O)N1CCc2ccccc2C1. The Morgan fingerprint density at radius 3 is 2.81 bits per heavy atom. The van der Waals surface area contributed by atoms with E-state index < -0.39 is 0 Å². The van der Waals surface area contributed by atoms with Crippen LogP contribution in [0.1, 0.15) is 67.4 Å². The molecule has 6 heteroatoms. The van der Waals surface area contributed by atoms with Crippen LogP contribution in [0.3, 0.4) is 0 Å². The molecule has 0 radical (unpaired) electrons. The number of nitrogens with zero attached hydrogens (tertiary/aromatic N) is 1. The van der Waals surface area contributed by atoms with Crippen LogP contribution >= 0.6 is 0 Å². The number of benzene rings is 1. The van der Waals surface area contributed by atoms with Crippen molar-refractivity contribution in [1.29, 1.82) is 0 Å². The van der Waals surface area contributed by atoms with Gasteiger partial charge in [-0.2, -0.15) is 0 Å². The Morgan fingerprint density at radius 2 is 2.00 bits per heavy atom. The minimum atomic E-state index is -0.188. The topological polar surface area (TPSA) is 74.6 Å². The first-order valence-corrected chi connectivity index (χ1v) is 11.3. The summed E-state index contributed by atoms with van der Waals surface area (Å²) in [6.45, 7) is 8.28. The molecule has 2 N–H and O–H groups in total. The number of urea groups is 1. The highest BCUT2D eigenvalue weighted by atomic mass is 16.3. The number of aryl methyl sites for hydroxylation is 1. The van der Waals surface area contributed by atoms with Crippen LogP contribution in [0, 0.1) is 12.3 Å². The Hall–Kier alpha value is -2.76. The molecule has 1 atom stereocenters. The molecule has 166 valence electrons. The van der Waals surface area contributed by atoms with E-state index in [4.69, 9.17) is 4.42 Å². The zero-order valence-electron chi connectivity index (χ0n) is 18.8. The Morgan fingerprint density at radius 1 is 1.23 bits per heavy atom. The van der Waals surface area contributed by atoms with E-state index in [1.165, 1.54) is 11.1 Å². The van der Waals surface area contributed by atoms with E-state index in [1.54, 1.807) is 0 Å². The highest BCUT2D eigenvalue weighted by molar-refractivity contribution is 5.77. The monoisotopic (exact) mass is 423 g/mol. The first kappa shape index (κ1) is 21.5. The molecule has 1 unspecified atom stereocenters. The molecule has 6 nitrogen and oxygen atoms in total. The van der Waals surface area contributed by atoms with Gasteiger partial charge in [0.1, 0.15) is 11.5 Å². The minimum absolute atomic E-state index is 0.0498. The molecular formula is C25H33N3O3. The van der Waals surface area contributed by atoms with E-state index in [1.807, 2.05) is 24.0 Å². The van der Waals surface area contributed by atoms with Crippen LogP contribution in [0.25, 0.3) is 0 Å². The summed E-state index contributed by atoms with van der Waals surface area (Å²) in [4.78, 5) is 27.0. The summed E-state index contributed by atoms with van der Waals surface area (Å²) in [5.41, 5.74) is 3.75. The number of hydrogen-bond acceptors (Lipinski definition) is 3. The van der Waals surface area contributed by atoms with Crippen LogP contribution in [-0.2, 0) is 24.2 Å². The lowest BCUT2D eigenvalue weighted by Gasteiger charge is -2.34. The molecule has 4 rings (SSSR count). The maximum Gasteiger partial charge on any atom is 0.315 e. The summed E-state index contributed by atoms with van der Waals surface area (Å²) in [5.74, 6) is 2.02. The van der Waals surface area contributed by atoms with Gasteiger partial charge in [0.05, 0.1) is 6.04 Å². The Kier molecular flexibility index (Phi) is 6.08. The third kappa shape index (κ3) is 5.12. The third-order valence-corrected chi connectivity index (χ3v) is 6.38. The zero-order chi connectivity index (χ0) is 22.0. The van der Waals surface area contributed by atoms with Gasteiger partial charge in [-0.15, -0.1) is 0 Å². The predicted molar refractivity (Wildman–Crippen MR) is 120 cm³/mol. The number of carbonyl (C=O) groups excluding carboxylic acids is 2. The number of amides is 3. The summed E-state index contributed by atoms with van der Waals surface area (Å²) in [6, 6.07) is 10.1. The van der Waals surface area contributed by atoms with E-state index in [0.717, 1.165) is 42.9 Å². The van der Waals surface area contributed by atoms with Gasteiger partial charge >= 0.3 is 6.03 Å². The predicted octanol–water partition coefficient (Wildman–Crippen LogP) is 4.27. The van der Waals surface area contributed by atoms with Crippen molar-refractivity contribution in [3.63, 3.8) is 0 Å². The van der Waals surface area contributed by atoms with Crippen LogP contribution in [0.15, 0.2) is 34.7 Å². The minimum Gasteiger partial charge on any atom is -0.466 e. The molecule has 0 spiro atoms. The van der Waals surface area contributed by atoms with E-state index in [-0.39, 0.29) is 23.4 Å². The highest BCUT2D eigenvalue weighted by Crippen LogP contribution is 2.41. The lowest BCUT2D eigenvalue weighted by atomic mass is 9.75. The lowest BCUT2D eigenvalue weighted by molar-refractivity contribution is -0.132. The number of rotatable bonds is 5. The second-order valence-electron chi connectivity index (χ2n) is 9.67. The molecule has 0 saturated heterocycles. The number of carbonyl (C=O) groups is 2. The smallest absolute Gasteiger partial charge is 0.315 e. The maximum atomic E-state index is 12.6. The first-order valence-electron chi connectivity index (χ1n) is 11.3. The van der Waals surface area contributed by atoms with E-state index in [9.17, 15) is 9.59 Å². The molecule has 1 aromatic heterocycles. The fraction of sp³-hybridized carbons (Fsp3) is 0.520. The van der Waals surface area contributed by atoms with Gasteiger partial charge < -0.3 is 20.0 Å². The second-order valence-corrected chi connectivity index (χ2v) is 9.67. The van der Waals surface area contributed by atoms with Crippen molar-refractivity contribution in [3.05, 3.63) is 58.5 Å². The molecule has 0 bridgehead atoms. The standard InChI is InChI=1S/C25H33N3O3/c1-17-13-20-21(14-25(2,3)15-22(20)31-17)27-24(30)26-11-6-9-23(29)28-12-10-18-7-4-5-8-19(18)16-28/h4-5,7-8,13,21H,6,9-12,14-16H2,1-3H3,(H2,26,27,30). The summed E-state index contributed by atoms with van der Waals surface area (Å²) >= 11 is 0. The molecule has 1 aliphatic heterocycles. The molecular weight excluding hydrogens is 390 g/mol. The van der Waals surface area contributed by atoms with E-state index >= 15 is 0 Å². The summed E-state index contributed by atoms with van der Waals surface area (Å²) in [7, 11) is 0. The Bertz CT molecular complexity index is 963. The Balaban J connectivity index is 1.22. The number of hydrogen-bond donors (Lipinski definition) is 2. The lowest BCUT2D eigenvalue weighted by Crippen LogP contribution is -2.42. The van der Waals surface area contributed by atoms with Gasteiger partial charge in [0.25, 0.3) is 0 Å². The average Bonchev–Trinajstić information content (AvgIpc) is 3.09. The summed E-state index contributed by atoms with van der Waals surface area (Å²) in [6.07, 6.45) is 3.76. The maximum absolute atomic E-state index is 12.6. The molecule has 3 amide bonds. The molecule has 0 saturated carbocycles. The largest absolute Gasteiger partial charge is 0.466 e. The van der Waals surface area contributed by atoms with Crippen LogP contribution in [-0.4, -0.2) is 29.9 Å². The van der Waals surface area contributed by atoms with Gasteiger partial charge in [-0.25, -0.2) is 4.79 Å². The molecule has 2 aromatic rings. The van der Waals surface area contributed by atoms with Crippen LogP contribution in [0.4, 0.5) is 4.79 Å². The van der Waals surface area contributed by atoms with Crippen LogP contribution in [0.2, 0.25) is 0 Å². The third-order valence-electron chi connectivity index (χ3n) is 6.38. The highest BCUT2D eigenvalue weighted by Gasteiger charge is 2.35.